The minimum Gasteiger partial charge on any atom is -0.479 e. The van der Waals surface area contributed by atoms with E-state index in [-0.39, 0.29) is 11.8 Å². The van der Waals surface area contributed by atoms with Crippen molar-refractivity contribution in [2.75, 3.05) is 23.7 Å². The summed E-state index contributed by atoms with van der Waals surface area (Å²) in [6.45, 7) is 4.94. The highest BCUT2D eigenvalue weighted by Gasteiger charge is 2.23. The second-order valence-electron chi connectivity index (χ2n) is 7.45. The zero-order valence-corrected chi connectivity index (χ0v) is 16.0. The van der Waals surface area contributed by atoms with E-state index >= 15 is 0 Å². The highest BCUT2D eigenvalue weighted by molar-refractivity contribution is 6.05. The number of carbonyl (C=O) groups is 2. The first kappa shape index (κ1) is 18.5. The molecule has 0 saturated carbocycles. The predicted molar refractivity (Wildman–Crippen MR) is 109 cm³/mol. The van der Waals surface area contributed by atoms with Crippen molar-refractivity contribution in [1.29, 1.82) is 0 Å². The molecule has 0 bridgehead atoms. The van der Waals surface area contributed by atoms with E-state index in [4.69, 9.17) is 4.74 Å². The largest absolute Gasteiger partial charge is 0.479 e. The Hall–Kier alpha value is -2.86. The second kappa shape index (κ2) is 8.02. The molecule has 0 unspecified atom stereocenters. The van der Waals surface area contributed by atoms with Crippen molar-refractivity contribution in [2.45, 2.75) is 38.8 Å². The van der Waals surface area contributed by atoms with Gasteiger partial charge in [-0.2, -0.15) is 0 Å². The van der Waals surface area contributed by atoms with Crippen LogP contribution in [0.3, 0.4) is 0 Å². The maximum Gasteiger partial charge on any atom is 0.265 e. The van der Waals surface area contributed by atoms with Gasteiger partial charge in [0.25, 0.3) is 11.8 Å². The van der Waals surface area contributed by atoms with Crippen molar-refractivity contribution in [3.05, 3.63) is 53.6 Å². The standard InChI is InChI=1S/C22H25N3O3/c1-15-21(26)24-19-13-18(9-10-20(19)28-15)23-22(27)17-7-5-16(6-8-17)14-25-11-3-2-4-12-25/h5-10,13,15H,2-4,11-12,14H2,1H3,(H,23,27)(H,24,26)/t15-/m0/s1. The Morgan fingerprint density at radius 1 is 1.14 bits per heavy atom. The molecule has 1 saturated heterocycles. The van der Waals surface area contributed by atoms with Crippen molar-refractivity contribution in [3.63, 3.8) is 0 Å². The number of piperidine rings is 1. The first-order valence-electron chi connectivity index (χ1n) is 9.83. The van der Waals surface area contributed by atoms with Gasteiger partial charge in [0, 0.05) is 17.8 Å². The summed E-state index contributed by atoms with van der Waals surface area (Å²) in [5, 5.41) is 5.67. The molecule has 0 spiro atoms. The third-order valence-corrected chi connectivity index (χ3v) is 5.24. The van der Waals surface area contributed by atoms with E-state index in [2.05, 4.69) is 15.5 Å². The number of nitrogens with zero attached hydrogens (tertiary/aromatic N) is 1. The molecule has 2 aromatic carbocycles. The highest BCUT2D eigenvalue weighted by atomic mass is 16.5. The molecule has 1 atom stereocenters. The predicted octanol–water partition coefficient (Wildman–Crippen LogP) is 3.64. The normalized spacial score (nSPS) is 19.3. The van der Waals surface area contributed by atoms with Crippen molar-refractivity contribution in [2.24, 2.45) is 0 Å². The minimum absolute atomic E-state index is 0.180. The van der Waals surface area contributed by atoms with Crippen molar-refractivity contribution < 1.29 is 14.3 Å². The van der Waals surface area contributed by atoms with E-state index in [0.717, 1.165) is 19.6 Å². The Bertz CT molecular complexity index is 873. The van der Waals surface area contributed by atoms with Gasteiger partial charge < -0.3 is 15.4 Å². The number of hydrogen-bond donors (Lipinski definition) is 2. The average molecular weight is 379 g/mol. The van der Waals surface area contributed by atoms with Crippen LogP contribution in [0.1, 0.15) is 42.1 Å². The Kier molecular flexibility index (Phi) is 5.30. The summed E-state index contributed by atoms with van der Waals surface area (Å²) in [7, 11) is 0. The summed E-state index contributed by atoms with van der Waals surface area (Å²) in [6.07, 6.45) is 3.35. The fourth-order valence-electron chi connectivity index (χ4n) is 3.63. The molecule has 2 N–H and O–H groups in total. The van der Waals surface area contributed by atoms with E-state index in [1.165, 1.54) is 24.8 Å². The molecule has 0 aliphatic carbocycles. The Morgan fingerprint density at radius 2 is 1.89 bits per heavy atom. The monoisotopic (exact) mass is 379 g/mol. The summed E-state index contributed by atoms with van der Waals surface area (Å²) in [5.74, 6) is 0.230. The number of rotatable bonds is 4. The Balaban J connectivity index is 1.39. The molecule has 28 heavy (non-hydrogen) atoms. The molecule has 146 valence electrons. The molecular weight excluding hydrogens is 354 g/mol. The van der Waals surface area contributed by atoms with Gasteiger partial charge in [0.15, 0.2) is 6.10 Å². The van der Waals surface area contributed by atoms with Crippen LogP contribution in [0.15, 0.2) is 42.5 Å². The molecule has 2 aliphatic rings. The van der Waals surface area contributed by atoms with Crippen LogP contribution in [0.25, 0.3) is 0 Å². The molecule has 1 fully saturated rings. The van der Waals surface area contributed by atoms with Gasteiger partial charge in [-0.3, -0.25) is 14.5 Å². The number of hydrogen-bond acceptors (Lipinski definition) is 4. The third kappa shape index (κ3) is 4.17. The van der Waals surface area contributed by atoms with E-state index in [9.17, 15) is 9.59 Å². The van der Waals surface area contributed by atoms with Crippen molar-refractivity contribution >= 4 is 23.2 Å². The third-order valence-electron chi connectivity index (χ3n) is 5.24. The maximum absolute atomic E-state index is 12.6. The zero-order chi connectivity index (χ0) is 19.5. The molecule has 6 nitrogen and oxygen atoms in total. The Morgan fingerprint density at radius 3 is 2.64 bits per heavy atom. The molecule has 0 aromatic heterocycles. The van der Waals surface area contributed by atoms with Gasteiger partial charge in [-0.05, 0) is 68.8 Å². The van der Waals surface area contributed by atoms with Crippen LogP contribution in [-0.2, 0) is 11.3 Å². The van der Waals surface area contributed by atoms with E-state index in [0.29, 0.717) is 22.7 Å². The summed E-state index contributed by atoms with van der Waals surface area (Å²) < 4.78 is 5.54. The van der Waals surface area contributed by atoms with E-state index < -0.39 is 6.10 Å². The molecule has 4 rings (SSSR count). The number of fused-ring (bicyclic) bond motifs is 1. The van der Waals surface area contributed by atoms with Crippen LogP contribution in [0.4, 0.5) is 11.4 Å². The summed E-state index contributed by atoms with van der Waals surface area (Å²) >= 11 is 0. The number of benzene rings is 2. The average Bonchev–Trinajstić information content (AvgIpc) is 2.70. The quantitative estimate of drug-likeness (QED) is 0.851. The van der Waals surface area contributed by atoms with E-state index in [1.54, 1.807) is 25.1 Å². The van der Waals surface area contributed by atoms with Crippen LogP contribution in [0.2, 0.25) is 0 Å². The summed E-state index contributed by atoms with van der Waals surface area (Å²) in [5.41, 5.74) is 3.01. The minimum atomic E-state index is -0.517. The zero-order valence-electron chi connectivity index (χ0n) is 16.0. The second-order valence-corrected chi connectivity index (χ2v) is 7.45. The smallest absolute Gasteiger partial charge is 0.265 e. The number of anilines is 2. The summed E-state index contributed by atoms with van der Waals surface area (Å²) in [6, 6.07) is 13.0. The molecular formula is C22H25N3O3. The Labute approximate surface area is 164 Å². The lowest BCUT2D eigenvalue weighted by Gasteiger charge is -2.26. The number of ether oxygens (including phenoxy) is 1. The molecule has 2 amide bonds. The summed E-state index contributed by atoms with van der Waals surface area (Å²) in [4.78, 5) is 26.8. The van der Waals surface area contributed by atoms with Gasteiger partial charge in [0.05, 0.1) is 5.69 Å². The molecule has 6 heteroatoms. The molecule has 2 aromatic rings. The lowest BCUT2D eigenvalue weighted by molar-refractivity contribution is -0.122. The number of carbonyl (C=O) groups excluding carboxylic acids is 2. The number of amides is 2. The highest BCUT2D eigenvalue weighted by Crippen LogP contribution is 2.32. The molecule has 2 heterocycles. The van der Waals surface area contributed by atoms with Gasteiger partial charge in [-0.25, -0.2) is 0 Å². The van der Waals surface area contributed by atoms with Crippen LogP contribution in [0, 0.1) is 0 Å². The van der Waals surface area contributed by atoms with Crippen molar-refractivity contribution in [1.82, 2.24) is 4.90 Å². The maximum atomic E-state index is 12.6. The van der Waals surface area contributed by atoms with Gasteiger partial charge >= 0.3 is 0 Å². The van der Waals surface area contributed by atoms with Crippen LogP contribution in [-0.4, -0.2) is 35.9 Å². The van der Waals surface area contributed by atoms with Gasteiger partial charge in [0.2, 0.25) is 0 Å². The SMILES string of the molecule is C[C@@H]1Oc2ccc(NC(=O)c3ccc(CN4CCCCC4)cc3)cc2NC1=O. The fourth-order valence-corrected chi connectivity index (χ4v) is 3.63. The van der Waals surface area contributed by atoms with E-state index in [1.807, 2.05) is 24.3 Å². The van der Waals surface area contributed by atoms with Crippen LogP contribution >= 0.6 is 0 Å². The first-order valence-corrected chi connectivity index (χ1v) is 9.83. The lowest BCUT2D eigenvalue weighted by atomic mass is 10.1. The van der Waals surface area contributed by atoms with Crippen LogP contribution in [0.5, 0.6) is 5.75 Å². The number of nitrogens with one attached hydrogen (secondary N) is 2. The first-order chi connectivity index (χ1) is 13.6. The fraction of sp³-hybridized carbons (Fsp3) is 0.364. The lowest BCUT2D eigenvalue weighted by Crippen LogP contribution is -2.34. The van der Waals surface area contributed by atoms with Gasteiger partial charge in [0.1, 0.15) is 5.75 Å². The van der Waals surface area contributed by atoms with Gasteiger partial charge in [-0.1, -0.05) is 18.6 Å². The van der Waals surface area contributed by atoms with Crippen LogP contribution < -0.4 is 15.4 Å². The number of likely N-dealkylation sites (tertiary alicyclic amines) is 1. The topological polar surface area (TPSA) is 70.7 Å². The van der Waals surface area contributed by atoms with Crippen molar-refractivity contribution in [3.8, 4) is 5.75 Å². The van der Waals surface area contributed by atoms with Gasteiger partial charge in [-0.15, -0.1) is 0 Å². The molecule has 0 radical (unpaired) electrons. The molecule has 2 aliphatic heterocycles.